The molecular weight excluding hydrogens is 344 g/mol. The number of anilines is 1. The van der Waals surface area contributed by atoms with Crippen LogP contribution >= 0.6 is 11.3 Å². The van der Waals surface area contributed by atoms with Crippen LogP contribution in [-0.4, -0.2) is 29.3 Å². The van der Waals surface area contributed by atoms with Gasteiger partial charge in [0.25, 0.3) is 0 Å². The van der Waals surface area contributed by atoms with Crippen LogP contribution in [0.2, 0.25) is 0 Å². The summed E-state index contributed by atoms with van der Waals surface area (Å²) in [5.41, 5.74) is 1.44. The molecule has 2 N–H and O–H groups in total. The largest absolute Gasteiger partial charge is 0.496 e. The number of carbonyl (C=O) groups excluding carboxylic acids is 1. The number of amides is 1. The van der Waals surface area contributed by atoms with Gasteiger partial charge in [0.05, 0.1) is 17.3 Å². The van der Waals surface area contributed by atoms with Crippen molar-refractivity contribution in [2.45, 2.75) is 6.61 Å². The number of thiazole rings is 1. The third-order valence-electron chi connectivity index (χ3n) is 3.36. The van der Waals surface area contributed by atoms with Crippen LogP contribution < -0.4 is 10.1 Å². The molecule has 1 aromatic heterocycles. The molecule has 7 nitrogen and oxygen atoms in total. The molecule has 1 amide bonds. The third-order valence-corrected chi connectivity index (χ3v) is 4.30. The number of carbonyl (C=O) groups is 2. The van der Waals surface area contributed by atoms with Crippen LogP contribution in [0.1, 0.15) is 15.9 Å². The highest BCUT2D eigenvalue weighted by molar-refractivity contribution is 7.22. The van der Waals surface area contributed by atoms with Gasteiger partial charge in [0.15, 0.2) is 5.13 Å². The van der Waals surface area contributed by atoms with E-state index in [4.69, 9.17) is 9.47 Å². The zero-order valence-electron chi connectivity index (χ0n) is 13.2. The minimum Gasteiger partial charge on any atom is -0.496 e. The Morgan fingerprint density at radius 1 is 1.24 bits per heavy atom. The minimum absolute atomic E-state index is 0.0388. The van der Waals surface area contributed by atoms with Crippen LogP contribution in [0, 0.1) is 0 Å². The van der Waals surface area contributed by atoms with Crippen LogP contribution in [-0.2, 0) is 11.3 Å². The maximum Gasteiger partial charge on any atom is 0.413 e. The Kier molecular flexibility index (Phi) is 4.80. The lowest BCUT2D eigenvalue weighted by molar-refractivity contribution is 0.0693. The lowest BCUT2D eigenvalue weighted by Crippen LogP contribution is -2.13. The SMILES string of the molecule is COc1cc2nc(NC(=O)OCc3ccccc3)sc2cc1C(=O)O. The number of aromatic carboxylic acids is 1. The molecule has 0 aliphatic rings. The van der Waals surface area contributed by atoms with Crippen molar-refractivity contribution in [3.63, 3.8) is 0 Å². The van der Waals surface area contributed by atoms with Crippen LogP contribution in [0.25, 0.3) is 10.2 Å². The molecule has 3 rings (SSSR count). The van der Waals surface area contributed by atoms with E-state index in [2.05, 4.69) is 10.3 Å². The Morgan fingerprint density at radius 3 is 2.68 bits per heavy atom. The van der Waals surface area contributed by atoms with Crippen molar-refractivity contribution in [1.82, 2.24) is 4.98 Å². The first-order chi connectivity index (χ1) is 12.1. The van der Waals surface area contributed by atoms with Crippen molar-refractivity contribution < 1.29 is 24.2 Å². The Morgan fingerprint density at radius 2 is 2.00 bits per heavy atom. The summed E-state index contributed by atoms with van der Waals surface area (Å²) in [7, 11) is 1.39. The zero-order valence-corrected chi connectivity index (χ0v) is 14.0. The van der Waals surface area contributed by atoms with Crippen molar-refractivity contribution >= 4 is 38.7 Å². The summed E-state index contributed by atoms with van der Waals surface area (Å²) >= 11 is 1.16. The molecule has 0 bridgehead atoms. The van der Waals surface area contributed by atoms with Gasteiger partial charge in [-0.1, -0.05) is 41.7 Å². The van der Waals surface area contributed by atoms with Gasteiger partial charge in [0.1, 0.15) is 17.9 Å². The van der Waals surface area contributed by atoms with E-state index < -0.39 is 12.1 Å². The van der Waals surface area contributed by atoms with Gasteiger partial charge in [0.2, 0.25) is 0 Å². The lowest BCUT2D eigenvalue weighted by Gasteiger charge is -2.04. The second-order valence-corrected chi connectivity index (χ2v) is 6.06. The molecule has 0 atom stereocenters. The van der Waals surface area contributed by atoms with Gasteiger partial charge < -0.3 is 14.6 Å². The van der Waals surface area contributed by atoms with Gasteiger partial charge in [-0.3, -0.25) is 5.32 Å². The normalized spacial score (nSPS) is 10.4. The molecule has 0 aliphatic carbocycles. The first-order valence-electron chi connectivity index (χ1n) is 7.26. The number of rotatable bonds is 5. The zero-order chi connectivity index (χ0) is 17.8. The van der Waals surface area contributed by atoms with E-state index in [9.17, 15) is 14.7 Å². The maximum absolute atomic E-state index is 11.9. The number of ether oxygens (including phenoxy) is 2. The number of aromatic nitrogens is 1. The van der Waals surface area contributed by atoms with E-state index >= 15 is 0 Å². The van der Waals surface area contributed by atoms with Crippen molar-refractivity contribution in [3.05, 3.63) is 53.6 Å². The standard InChI is InChI=1S/C17H14N2O5S/c1-23-13-8-12-14(7-11(13)15(20)21)25-16(18-12)19-17(22)24-9-10-5-3-2-4-6-10/h2-8H,9H2,1H3,(H,20,21)(H,18,19,22). The molecule has 0 saturated carbocycles. The van der Waals surface area contributed by atoms with E-state index in [0.29, 0.717) is 15.3 Å². The topological polar surface area (TPSA) is 97.8 Å². The van der Waals surface area contributed by atoms with E-state index in [0.717, 1.165) is 16.9 Å². The lowest BCUT2D eigenvalue weighted by atomic mass is 10.2. The van der Waals surface area contributed by atoms with E-state index in [-0.39, 0.29) is 17.9 Å². The monoisotopic (exact) mass is 358 g/mol. The second-order valence-electron chi connectivity index (χ2n) is 5.03. The number of benzene rings is 2. The molecule has 0 spiro atoms. The number of carboxylic acids is 1. The number of nitrogens with one attached hydrogen (secondary N) is 1. The number of methoxy groups -OCH3 is 1. The number of fused-ring (bicyclic) bond motifs is 1. The maximum atomic E-state index is 11.9. The summed E-state index contributed by atoms with van der Waals surface area (Å²) in [6.45, 7) is 0.147. The molecule has 25 heavy (non-hydrogen) atoms. The number of nitrogens with zero attached hydrogens (tertiary/aromatic N) is 1. The molecule has 0 aliphatic heterocycles. The third kappa shape index (κ3) is 3.86. The Labute approximate surface area is 146 Å². The van der Waals surface area contributed by atoms with E-state index in [1.54, 1.807) is 0 Å². The first kappa shape index (κ1) is 16.7. The minimum atomic E-state index is -1.09. The summed E-state index contributed by atoms with van der Waals surface area (Å²) in [4.78, 5) is 27.4. The van der Waals surface area contributed by atoms with Gasteiger partial charge in [0, 0.05) is 6.07 Å². The number of carboxylic acid groups (broad SMARTS) is 1. The van der Waals surface area contributed by atoms with Gasteiger partial charge in [-0.25, -0.2) is 14.6 Å². The second kappa shape index (κ2) is 7.18. The Balaban J connectivity index is 1.73. The fraction of sp³-hybridized carbons (Fsp3) is 0.118. The number of hydrogen-bond acceptors (Lipinski definition) is 6. The van der Waals surface area contributed by atoms with Crippen LogP contribution in [0.15, 0.2) is 42.5 Å². The van der Waals surface area contributed by atoms with Crippen molar-refractivity contribution in [3.8, 4) is 5.75 Å². The van der Waals surface area contributed by atoms with Gasteiger partial charge >= 0.3 is 12.1 Å². The summed E-state index contributed by atoms with van der Waals surface area (Å²) < 4.78 is 10.8. The fourth-order valence-corrected chi connectivity index (χ4v) is 3.06. The Bertz CT molecular complexity index is 923. The molecule has 2 aromatic carbocycles. The molecule has 0 unspecified atom stereocenters. The van der Waals surface area contributed by atoms with Crippen molar-refractivity contribution in [2.75, 3.05) is 12.4 Å². The van der Waals surface area contributed by atoms with Crippen LogP contribution in [0.5, 0.6) is 5.75 Å². The predicted octanol–water partition coefficient (Wildman–Crippen LogP) is 3.75. The van der Waals surface area contributed by atoms with Gasteiger partial charge in [-0.2, -0.15) is 0 Å². The quantitative estimate of drug-likeness (QED) is 0.721. The summed E-state index contributed by atoms with van der Waals surface area (Å²) in [6.07, 6.45) is -0.631. The average molecular weight is 358 g/mol. The summed E-state index contributed by atoms with van der Waals surface area (Å²) in [6, 6.07) is 12.3. The predicted molar refractivity (Wildman–Crippen MR) is 93.4 cm³/mol. The first-order valence-corrected chi connectivity index (χ1v) is 8.08. The highest BCUT2D eigenvalue weighted by atomic mass is 32.1. The molecule has 8 heteroatoms. The Hall–Kier alpha value is -3.13. The molecule has 0 saturated heterocycles. The molecule has 3 aromatic rings. The van der Waals surface area contributed by atoms with Gasteiger partial charge in [-0.05, 0) is 11.6 Å². The van der Waals surface area contributed by atoms with Gasteiger partial charge in [-0.15, -0.1) is 0 Å². The smallest absolute Gasteiger partial charge is 0.413 e. The summed E-state index contributed by atoms with van der Waals surface area (Å²) in [5.74, 6) is -0.882. The molecule has 0 radical (unpaired) electrons. The number of hydrogen-bond donors (Lipinski definition) is 2. The summed E-state index contributed by atoms with van der Waals surface area (Å²) in [5, 5.41) is 12.1. The van der Waals surface area contributed by atoms with E-state index in [1.807, 2.05) is 30.3 Å². The fourth-order valence-electron chi connectivity index (χ4n) is 2.19. The average Bonchev–Trinajstić information content (AvgIpc) is 3.00. The molecule has 128 valence electrons. The van der Waals surface area contributed by atoms with Crippen molar-refractivity contribution in [2.24, 2.45) is 0 Å². The molecule has 0 fully saturated rings. The van der Waals surface area contributed by atoms with E-state index in [1.165, 1.54) is 19.2 Å². The highest BCUT2D eigenvalue weighted by Gasteiger charge is 2.16. The van der Waals surface area contributed by atoms with Crippen LogP contribution in [0.3, 0.4) is 0 Å². The van der Waals surface area contributed by atoms with Crippen molar-refractivity contribution in [1.29, 1.82) is 0 Å². The highest BCUT2D eigenvalue weighted by Crippen LogP contribution is 2.32. The molecule has 1 heterocycles. The van der Waals surface area contributed by atoms with Crippen LogP contribution in [0.4, 0.5) is 9.93 Å². The molecular formula is C17H14N2O5S.